The highest BCUT2D eigenvalue weighted by molar-refractivity contribution is 7.13. The Hall–Kier alpha value is -1.68. The Morgan fingerprint density at radius 1 is 1.21 bits per heavy atom. The Morgan fingerprint density at radius 2 is 1.95 bits per heavy atom. The molecule has 0 radical (unpaired) electrons. The highest BCUT2D eigenvalue weighted by atomic mass is 32.1. The second-order valence-electron chi connectivity index (χ2n) is 4.89. The fourth-order valence-corrected chi connectivity index (χ4v) is 3.14. The second kappa shape index (κ2) is 5.53. The topological polar surface area (TPSA) is 42.0 Å². The van der Waals surface area contributed by atoms with Gasteiger partial charge in [0, 0.05) is 28.7 Å². The van der Waals surface area contributed by atoms with Crippen LogP contribution in [0.1, 0.15) is 25.7 Å². The lowest BCUT2D eigenvalue weighted by molar-refractivity contribution is -0.119. The lowest BCUT2D eigenvalue weighted by Gasteiger charge is -2.10. The average Bonchev–Trinajstić information content (AvgIpc) is 3.13. The molecule has 1 aromatic heterocycles. The van der Waals surface area contributed by atoms with Crippen molar-refractivity contribution in [3.05, 3.63) is 35.8 Å². The highest BCUT2D eigenvalue weighted by Gasteiger charge is 2.22. The van der Waals surface area contributed by atoms with Crippen molar-refractivity contribution in [1.29, 1.82) is 0 Å². The van der Waals surface area contributed by atoms with Crippen molar-refractivity contribution in [2.75, 3.05) is 5.32 Å². The Bertz CT molecular complexity index is 542. The van der Waals surface area contributed by atoms with E-state index in [4.69, 9.17) is 0 Å². The van der Waals surface area contributed by atoms with Crippen LogP contribution in [0.4, 0.5) is 5.69 Å². The van der Waals surface area contributed by atoms with Crippen molar-refractivity contribution in [1.82, 2.24) is 4.98 Å². The summed E-state index contributed by atoms with van der Waals surface area (Å²) in [5.74, 6) is 0.373. The zero-order valence-corrected chi connectivity index (χ0v) is 11.5. The number of aromatic nitrogens is 1. The summed E-state index contributed by atoms with van der Waals surface area (Å²) >= 11 is 1.62. The number of carbonyl (C=O) groups is 1. The van der Waals surface area contributed by atoms with Crippen molar-refractivity contribution < 1.29 is 4.79 Å². The fraction of sp³-hybridized carbons (Fsp3) is 0.333. The van der Waals surface area contributed by atoms with Crippen LogP contribution in [0.25, 0.3) is 10.6 Å². The van der Waals surface area contributed by atoms with E-state index in [1.807, 2.05) is 29.6 Å². The van der Waals surface area contributed by atoms with Crippen LogP contribution in [0.5, 0.6) is 0 Å². The second-order valence-corrected chi connectivity index (χ2v) is 5.78. The summed E-state index contributed by atoms with van der Waals surface area (Å²) in [4.78, 5) is 16.3. The van der Waals surface area contributed by atoms with Crippen LogP contribution in [0.3, 0.4) is 0 Å². The third kappa shape index (κ3) is 2.84. The van der Waals surface area contributed by atoms with Gasteiger partial charge in [-0.15, -0.1) is 11.3 Å². The van der Waals surface area contributed by atoms with E-state index in [0.717, 1.165) is 29.1 Å². The number of hydrogen-bond donors (Lipinski definition) is 1. The molecule has 2 aromatic rings. The summed E-state index contributed by atoms with van der Waals surface area (Å²) in [6.07, 6.45) is 6.23. The van der Waals surface area contributed by atoms with Gasteiger partial charge in [0.2, 0.25) is 5.91 Å². The van der Waals surface area contributed by atoms with E-state index in [1.54, 1.807) is 17.5 Å². The molecule has 0 bridgehead atoms. The Morgan fingerprint density at radius 3 is 2.58 bits per heavy atom. The number of thiazole rings is 1. The van der Waals surface area contributed by atoms with E-state index in [2.05, 4.69) is 10.3 Å². The summed E-state index contributed by atoms with van der Waals surface area (Å²) in [5, 5.41) is 5.97. The van der Waals surface area contributed by atoms with Gasteiger partial charge in [0.15, 0.2) is 0 Å². The molecular weight excluding hydrogens is 256 g/mol. The van der Waals surface area contributed by atoms with Crippen molar-refractivity contribution >= 4 is 22.9 Å². The summed E-state index contributed by atoms with van der Waals surface area (Å²) < 4.78 is 0. The molecule has 3 nitrogen and oxygen atoms in total. The standard InChI is InChI=1S/C15H16N2OS/c18-14(11-3-1-2-4-11)17-13-7-5-12(6-8-13)15-16-9-10-19-15/h5-11H,1-4H2,(H,17,18). The zero-order chi connectivity index (χ0) is 13.1. The van der Waals surface area contributed by atoms with Crippen LogP contribution < -0.4 is 5.32 Å². The van der Waals surface area contributed by atoms with Gasteiger partial charge in [-0.1, -0.05) is 12.8 Å². The largest absolute Gasteiger partial charge is 0.326 e. The first-order valence-electron chi connectivity index (χ1n) is 6.64. The van der Waals surface area contributed by atoms with E-state index in [1.165, 1.54) is 12.8 Å². The van der Waals surface area contributed by atoms with Crippen molar-refractivity contribution in [3.8, 4) is 10.6 Å². The predicted octanol–water partition coefficient (Wildman–Crippen LogP) is 3.94. The number of carbonyl (C=O) groups excluding carboxylic acids is 1. The highest BCUT2D eigenvalue weighted by Crippen LogP contribution is 2.27. The number of nitrogens with one attached hydrogen (secondary N) is 1. The first kappa shape index (κ1) is 12.4. The first-order chi connectivity index (χ1) is 9.33. The lowest BCUT2D eigenvalue weighted by atomic mass is 10.1. The third-order valence-corrected chi connectivity index (χ3v) is 4.38. The van der Waals surface area contributed by atoms with Crippen LogP contribution >= 0.6 is 11.3 Å². The van der Waals surface area contributed by atoms with Gasteiger partial charge in [0.05, 0.1) is 0 Å². The Balaban J connectivity index is 1.67. The molecule has 4 heteroatoms. The van der Waals surface area contributed by atoms with Crippen molar-refractivity contribution in [2.45, 2.75) is 25.7 Å². The molecular formula is C15H16N2OS. The molecule has 1 amide bonds. The van der Waals surface area contributed by atoms with Gasteiger partial charge in [0.1, 0.15) is 5.01 Å². The maximum Gasteiger partial charge on any atom is 0.227 e. The van der Waals surface area contributed by atoms with Gasteiger partial charge in [-0.25, -0.2) is 4.98 Å². The van der Waals surface area contributed by atoms with Crippen LogP contribution in [0.15, 0.2) is 35.8 Å². The zero-order valence-electron chi connectivity index (χ0n) is 10.6. The van der Waals surface area contributed by atoms with Crippen molar-refractivity contribution in [3.63, 3.8) is 0 Å². The smallest absolute Gasteiger partial charge is 0.227 e. The molecule has 0 unspecified atom stereocenters. The summed E-state index contributed by atoms with van der Waals surface area (Å²) in [5.41, 5.74) is 1.96. The Labute approximate surface area is 116 Å². The summed E-state index contributed by atoms with van der Waals surface area (Å²) in [7, 11) is 0. The SMILES string of the molecule is O=C(Nc1ccc(-c2nccs2)cc1)C1CCCC1. The molecule has 1 aromatic carbocycles. The minimum absolute atomic E-state index is 0.166. The molecule has 1 N–H and O–H groups in total. The van der Waals surface area contributed by atoms with Gasteiger partial charge in [-0.05, 0) is 37.1 Å². The quantitative estimate of drug-likeness (QED) is 0.919. The average molecular weight is 272 g/mol. The van der Waals surface area contributed by atoms with Crippen LogP contribution in [0.2, 0.25) is 0 Å². The lowest BCUT2D eigenvalue weighted by Crippen LogP contribution is -2.20. The molecule has 1 heterocycles. The number of hydrogen-bond acceptors (Lipinski definition) is 3. The molecule has 98 valence electrons. The van der Waals surface area contributed by atoms with Gasteiger partial charge in [0.25, 0.3) is 0 Å². The number of amides is 1. The van der Waals surface area contributed by atoms with Gasteiger partial charge in [-0.3, -0.25) is 4.79 Å². The number of rotatable bonds is 3. The van der Waals surface area contributed by atoms with Crippen LogP contribution in [-0.2, 0) is 4.79 Å². The normalized spacial score (nSPS) is 15.6. The number of benzene rings is 1. The molecule has 0 atom stereocenters. The molecule has 1 fully saturated rings. The van der Waals surface area contributed by atoms with Crippen LogP contribution in [0, 0.1) is 5.92 Å². The molecule has 19 heavy (non-hydrogen) atoms. The minimum atomic E-state index is 0.166. The maximum atomic E-state index is 12.0. The Kier molecular flexibility index (Phi) is 3.60. The molecule has 0 spiro atoms. The molecule has 0 aliphatic heterocycles. The summed E-state index contributed by atoms with van der Waals surface area (Å²) in [6.45, 7) is 0. The maximum absolute atomic E-state index is 12.0. The van der Waals surface area contributed by atoms with E-state index in [9.17, 15) is 4.79 Å². The fourth-order valence-electron chi connectivity index (χ4n) is 2.49. The van der Waals surface area contributed by atoms with E-state index in [-0.39, 0.29) is 11.8 Å². The number of nitrogens with zero attached hydrogens (tertiary/aromatic N) is 1. The number of anilines is 1. The van der Waals surface area contributed by atoms with E-state index >= 15 is 0 Å². The third-order valence-electron chi connectivity index (χ3n) is 3.56. The molecule has 1 aliphatic rings. The van der Waals surface area contributed by atoms with Crippen LogP contribution in [-0.4, -0.2) is 10.9 Å². The van der Waals surface area contributed by atoms with E-state index < -0.39 is 0 Å². The van der Waals surface area contributed by atoms with Gasteiger partial charge in [-0.2, -0.15) is 0 Å². The van der Waals surface area contributed by atoms with E-state index in [0.29, 0.717) is 0 Å². The predicted molar refractivity (Wildman–Crippen MR) is 78.1 cm³/mol. The molecule has 0 saturated heterocycles. The van der Waals surface area contributed by atoms with Gasteiger partial charge >= 0.3 is 0 Å². The van der Waals surface area contributed by atoms with Crippen molar-refractivity contribution in [2.24, 2.45) is 5.92 Å². The molecule has 1 aliphatic carbocycles. The summed E-state index contributed by atoms with van der Waals surface area (Å²) in [6, 6.07) is 7.90. The van der Waals surface area contributed by atoms with Gasteiger partial charge < -0.3 is 5.32 Å². The monoisotopic (exact) mass is 272 g/mol. The minimum Gasteiger partial charge on any atom is -0.326 e. The first-order valence-corrected chi connectivity index (χ1v) is 7.52. The molecule has 1 saturated carbocycles. The molecule has 3 rings (SSSR count).